The van der Waals surface area contributed by atoms with Crippen LogP contribution in [0.25, 0.3) is 0 Å². The van der Waals surface area contributed by atoms with Gasteiger partial charge in [-0.1, -0.05) is 25.5 Å². The molecule has 0 aliphatic heterocycles. The summed E-state index contributed by atoms with van der Waals surface area (Å²) in [5.41, 5.74) is 0. The standard InChI is InChI=1S/C10H19O2.BrH.Mg/c1-3-5-6-7-9-12-10-11-8-4-2;;/h5-6H,1,3-4,7-10H2,2H3;1H;/q;;+1/p-1/b6-5-;;. The Hall–Kier alpha value is 0.906. The third-order valence-corrected chi connectivity index (χ3v) is 3.97. The molecule has 0 aromatic heterocycles. The third-order valence-electron chi connectivity index (χ3n) is 1.62. The fourth-order valence-electron chi connectivity index (χ4n) is 0.903. The van der Waals surface area contributed by atoms with Crippen molar-refractivity contribution < 1.29 is 9.47 Å². The quantitative estimate of drug-likeness (QED) is 0.264. The van der Waals surface area contributed by atoms with Crippen molar-refractivity contribution in [2.24, 2.45) is 0 Å². The Morgan fingerprint density at radius 3 is 2.57 bits per heavy atom. The van der Waals surface area contributed by atoms with Gasteiger partial charge in [-0.15, -0.1) is 4.55 Å². The molecule has 2 nitrogen and oxygen atoms in total. The first-order valence-corrected chi connectivity index (χ1v) is 10.2. The molecule has 0 saturated heterocycles. The van der Waals surface area contributed by atoms with E-state index in [0.717, 1.165) is 26.1 Å². The smallest absolute Gasteiger partial charge is 0.355 e. The Morgan fingerprint density at radius 2 is 1.86 bits per heavy atom. The van der Waals surface area contributed by atoms with Crippen molar-refractivity contribution >= 4 is 31.1 Å². The molecule has 0 aliphatic carbocycles. The molecular weight excluding hydrogens is 256 g/mol. The molecule has 80 valence electrons. The summed E-state index contributed by atoms with van der Waals surface area (Å²) < 4.78 is 11.8. The van der Waals surface area contributed by atoms with Crippen LogP contribution < -0.4 is 0 Å². The van der Waals surface area contributed by atoms with Gasteiger partial charge >= 0.3 is 18.2 Å². The summed E-state index contributed by atoms with van der Waals surface area (Å²) in [6.07, 6.45) is 7.70. The van der Waals surface area contributed by atoms with E-state index in [4.69, 9.17) is 9.47 Å². The molecule has 0 aliphatic rings. The van der Waals surface area contributed by atoms with Gasteiger partial charge in [0.25, 0.3) is 0 Å². The predicted molar refractivity (Wildman–Crippen MR) is 64.9 cm³/mol. The lowest BCUT2D eigenvalue weighted by Crippen LogP contribution is -2.01. The number of rotatable bonds is 10. The zero-order valence-corrected chi connectivity index (χ0v) is 12.0. The van der Waals surface area contributed by atoms with E-state index in [0.29, 0.717) is 6.79 Å². The molecule has 0 unspecified atom stereocenters. The van der Waals surface area contributed by atoms with Crippen LogP contribution in [0.5, 0.6) is 0 Å². The average molecular weight is 275 g/mol. The van der Waals surface area contributed by atoms with Gasteiger partial charge in [-0.05, 0) is 12.8 Å². The molecule has 0 rings (SSSR count). The first-order valence-electron chi connectivity index (χ1n) is 5.28. The highest BCUT2D eigenvalue weighted by molar-refractivity contribution is 9.23. The molecule has 0 fully saturated rings. The van der Waals surface area contributed by atoms with Crippen LogP contribution in [0.4, 0.5) is 0 Å². The normalized spacial score (nSPS) is 10.7. The van der Waals surface area contributed by atoms with Gasteiger partial charge in [0.15, 0.2) is 0 Å². The molecule has 4 heteroatoms. The number of allylic oxidation sites excluding steroid dienone is 1. The highest BCUT2D eigenvalue weighted by Gasteiger charge is 1.87. The van der Waals surface area contributed by atoms with E-state index >= 15 is 0 Å². The molecule has 0 heterocycles. The van der Waals surface area contributed by atoms with Gasteiger partial charge in [0.1, 0.15) is 6.79 Å². The summed E-state index contributed by atoms with van der Waals surface area (Å²) in [5.74, 6) is 0. The van der Waals surface area contributed by atoms with Gasteiger partial charge in [-0.3, -0.25) is 0 Å². The molecule has 0 spiro atoms. The van der Waals surface area contributed by atoms with E-state index < -0.39 is 0 Å². The van der Waals surface area contributed by atoms with Crippen LogP contribution in [-0.4, -0.2) is 38.2 Å². The van der Waals surface area contributed by atoms with E-state index in [-0.39, 0.29) is 18.2 Å². The number of hydrogen-bond donors (Lipinski definition) is 0. The first kappa shape index (κ1) is 14.9. The van der Waals surface area contributed by atoms with Crippen molar-refractivity contribution in [1.82, 2.24) is 0 Å². The van der Waals surface area contributed by atoms with Crippen molar-refractivity contribution in [3.63, 3.8) is 0 Å². The van der Waals surface area contributed by atoms with E-state index in [1.165, 1.54) is 11.0 Å². The second-order valence-electron chi connectivity index (χ2n) is 3.03. The van der Waals surface area contributed by atoms with E-state index in [1.807, 2.05) is 0 Å². The average Bonchev–Trinajstić information content (AvgIpc) is 2.21. The van der Waals surface area contributed by atoms with Crippen LogP contribution in [0.3, 0.4) is 0 Å². The fraction of sp³-hybridized carbons (Fsp3) is 0.800. The number of hydrogen-bond acceptors (Lipinski definition) is 2. The minimum Gasteiger partial charge on any atom is -0.355 e. The Morgan fingerprint density at radius 1 is 1.14 bits per heavy atom. The summed E-state index contributed by atoms with van der Waals surface area (Å²) in [7, 11) is 0. The highest BCUT2D eigenvalue weighted by atomic mass is 79.9. The SMILES string of the molecule is CCCOCOCC/C=C\C[CH2][Mg][Br]. The Bertz CT molecular complexity index is 131. The van der Waals surface area contributed by atoms with Gasteiger partial charge < -0.3 is 22.4 Å². The largest absolute Gasteiger partial charge is 0.468 e. The van der Waals surface area contributed by atoms with Crippen molar-refractivity contribution in [1.29, 1.82) is 0 Å². The molecule has 14 heavy (non-hydrogen) atoms. The number of ether oxygens (including phenoxy) is 2. The van der Waals surface area contributed by atoms with Gasteiger partial charge in [-0.2, -0.15) is 0 Å². The van der Waals surface area contributed by atoms with Crippen molar-refractivity contribution in [2.45, 2.75) is 30.7 Å². The maximum absolute atomic E-state index is 5.27. The molecule has 0 bridgehead atoms. The fourth-order valence-corrected chi connectivity index (χ4v) is 2.26. The predicted octanol–water partition coefficient (Wildman–Crippen LogP) is 3.16. The lowest BCUT2D eigenvalue weighted by molar-refractivity contribution is -0.0519. The van der Waals surface area contributed by atoms with E-state index in [1.54, 1.807) is 0 Å². The molecule has 0 aromatic carbocycles. The Balaban J connectivity index is 2.94. The minimum absolute atomic E-state index is 0.0704. The van der Waals surface area contributed by atoms with Gasteiger partial charge in [0.05, 0.1) is 6.61 Å². The van der Waals surface area contributed by atoms with Crippen LogP contribution in [0.2, 0.25) is 4.55 Å². The zero-order chi connectivity index (χ0) is 10.5. The van der Waals surface area contributed by atoms with Gasteiger partial charge in [0, 0.05) is 6.61 Å². The van der Waals surface area contributed by atoms with E-state index in [2.05, 4.69) is 32.0 Å². The van der Waals surface area contributed by atoms with Crippen molar-refractivity contribution in [3.05, 3.63) is 12.2 Å². The maximum atomic E-state index is 5.27. The second kappa shape index (κ2) is 13.9. The van der Waals surface area contributed by atoms with Crippen LogP contribution >= 0.6 is 12.9 Å². The third kappa shape index (κ3) is 12.9. The number of halogens is 1. The molecule has 0 atom stereocenters. The molecule has 0 saturated carbocycles. The summed E-state index contributed by atoms with van der Waals surface area (Å²) in [6.45, 7) is 4.10. The van der Waals surface area contributed by atoms with Crippen LogP contribution in [0, 0.1) is 0 Å². The maximum Gasteiger partial charge on any atom is 0.468 e. The van der Waals surface area contributed by atoms with Crippen molar-refractivity contribution in [3.8, 4) is 0 Å². The molecule has 0 N–H and O–H groups in total. The highest BCUT2D eigenvalue weighted by Crippen LogP contribution is 1.95. The minimum atomic E-state index is 0.0704. The monoisotopic (exact) mass is 274 g/mol. The summed E-state index contributed by atoms with van der Waals surface area (Å²) in [4.78, 5) is 0. The van der Waals surface area contributed by atoms with Crippen LogP contribution in [0.15, 0.2) is 12.2 Å². The zero-order valence-electron chi connectivity index (χ0n) is 9.01. The Labute approximate surface area is 103 Å². The summed E-state index contributed by atoms with van der Waals surface area (Å²) >= 11 is 3.60. The topological polar surface area (TPSA) is 18.5 Å². The second-order valence-corrected chi connectivity index (χ2v) is 6.49. The molecule has 0 aromatic rings. The lowest BCUT2D eigenvalue weighted by atomic mass is 10.3. The van der Waals surface area contributed by atoms with Gasteiger partial charge in [0.2, 0.25) is 0 Å². The van der Waals surface area contributed by atoms with E-state index in [9.17, 15) is 0 Å². The van der Waals surface area contributed by atoms with Crippen molar-refractivity contribution in [2.75, 3.05) is 20.0 Å². The first-order chi connectivity index (χ1) is 6.91. The molecule has 0 radical (unpaired) electrons. The molecular formula is C10H19BrMgO2. The molecule has 0 amide bonds. The van der Waals surface area contributed by atoms with Crippen LogP contribution in [-0.2, 0) is 9.47 Å². The van der Waals surface area contributed by atoms with Gasteiger partial charge in [-0.25, -0.2) is 0 Å². The summed E-state index contributed by atoms with van der Waals surface area (Å²) in [6, 6.07) is 0. The van der Waals surface area contributed by atoms with Crippen LogP contribution in [0.1, 0.15) is 26.2 Å². The Kier molecular flexibility index (Phi) is 14.8. The lowest BCUT2D eigenvalue weighted by Gasteiger charge is -2.02. The summed E-state index contributed by atoms with van der Waals surface area (Å²) in [5, 5.41) is 0.